The van der Waals surface area contributed by atoms with E-state index in [1.54, 1.807) is 6.07 Å². The minimum Gasteiger partial charge on any atom is -0.327 e. The first-order valence-electron chi connectivity index (χ1n) is 3.98. The highest BCUT2D eigenvalue weighted by Crippen LogP contribution is 2.34. The smallest absolute Gasteiger partial charge is 0.211 e. The van der Waals surface area contributed by atoms with E-state index < -0.39 is 0 Å². The van der Waals surface area contributed by atoms with Crippen LogP contribution in [0.5, 0.6) is 0 Å². The third-order valence-corrected chi connectivity index (χ3v) is 3.33. The Labute approximate surface area is 89.7 Å². The lowest BCUT2D eigenvalue weighted by Crippen LogP contribution is -1.93. The first-order chi connectivity index (χ1) is 6.72. The topological polar surface area (TPSA) is 42.0 Å². The quantitative estimate of drug-likeness (QED) is 0.801. The van der Waals surface area contributed by atoms with Gasteiger partial charge in [-0.2, -0.15) is 0 Å². The molecule has 0 radical (unpaired) electrons. The zero-order chi connectivity index (χ0) is 10.1. The summed E-state index contributed by atoms with van der Waals surface area (Å²) in [6.07, 6.45) is 0.612. The van der Waals surface area contributed by atoms with Crippen LogP contribution in [0.4, 0.5) is 5.69 Å². The molecule has 0 atom stereocenters. The van der Waals surface area contributed by atoms with Crippen molar-refractivity contribution in [2.24, 2.45) is 0 Å². The van der Waals surface area contributed by atoms with E-state index in [0.717, 1.165) is 15.2 Å². The van der Waals surface area contributed by atoms with Crippen molar-refractivity contribution in [2.45, 2.75) is 6.92 Å². The van der Waals surface area contributed by atoms with Crippen molar-refractivity contribution in [2.75, 3.05) is 5.32 Å². The molecule has 0 aliphatic rings. The summed E-state index contributed by atoms with van der Waals surface area (Å²) >= 11 is 7.60. The van der Waals surface area contributed by atoms with Crippen LogP contribution in [-0.2, 0) is 4.79 Å². The van der Waals surface area contributed by atoms with Crippen molar-refractivity contribution in [1.29, 1.82) is 0 Å². The molecule has 0 aliphatic heterocycles. The fraction of sp³-hybridized carbons (Fsp3) is 0.111. The number of anilines is 1. The second-order valence-electron chi connectivity index (χ2n) is 2.77. The minimum atomic E-state index is 0.556. The molecule has 0 saturated heterocycles. The number of carbonyl (C=O) groups excluding carboxylic acids is 1. The SMILES string of the molecule is Cc1nc2ccc(NC=O)c(Cl)c2s1. The van der Waals surface area contributed by atoms with Crippen molar-refractivity contribution < 1.29 is 4.79 Å². The van der Waals surface area contributed by atoms with Gasteiger partial charge in [0.2, 0.25) is 6.41 Å². The average molecular weight is 227 g/mol. The number of aryl methyl sites for hydroxylation is 1. The van der Waals surface area contributed by atoms with Gasteiger partial charge in [0.1, 0.15) is 0 Å². The molecule has 5 heteroatoms. The molecule has 1 heterocycles. The van der Waals surface area contributed by atoms with E-state index in [9.17, 15) is 4.79 Å². The maximum Gasteiger partial charge on any atom is 0.211 e. The lowest BCUT2D eigenvalue weighted by Gasteiger charge is -2.01. The van der Waals surface area contributed by atoms with Crippen LogP contribution in [0, 0.1) is 6.92 Å². The average Bonchev–Trinajstić information content (AvgIpc) is 2.52. The number of hydrogen-bond acceptors (Lipinski definition) is 3. The van der Waals surface area contributed by atoms with Gasteiger partial charge in [-0.15, -0.1) is 11.3 Å². The number of halogens is 1. The van der Waals surface area contributed by atoms with E-state index in [2.05, 4.69) is 10.3 Å². The third-order valence-electron chi connectivity index (χ3n) is 1.82. The van der Waals surface area contributed by atoms with Gasteiger partial charge in [0.05, 0.1) is 25.9 Å². The van der Waals surface area contributed by atoms with Crippen molar-refractivity contribution >= 4 is 45.3 Å². The molecule has 1 aromatic carbocycles. The van der Waals surface area contributed by atoms with Crippen LogP contribution in [0.25, 0.3) is 10.2 Å². The van der Waals surface area contributed by atoms with Gasteiger partial charge < -0.3 is 5.32 Å². The van der Waals surface area contributed by atoms with Gasteiger partial charge in [-0.05, 0) is 19.1 Å². The molecule has 0 fully saturated rings. The highest BCUT2D eigenvalue weighted by molar-refractivity contribution is 7.19. The fourth-order valence-corrected chi connectivity index (χ4v) is 2.43. The Morgan fingerprint density at radius 2 is 2.36 bits per heavy atom. The number of fused-ring (bicyclic) bond motifs is 1. The van der Waals surface area contributed by atoms with E-state index in [0.29, 0.717) is 17.1 Å². The second-order valence-corrected chi connectivity index (χ2v) is 4.35. The van der Waals surface area contributed by atoms with Gasteiger partial charge in [-0.1, -0.05) is 11.6 Å². The Morgan fingerprint density at radius 1 is 1.57 bits per heavy atom. The summed E-state index contributed by atoms with van der Waals surface area (Å²) in [6, 6.07) is 3.59. The van der Waals surface area contributed by atoms with Crippen LogP contribution in [0.15, 0.2) is 12.1 Å². The van der Waals surface area contributed by atoms with E-state index in [1.807, 2.05) is 13.0 Å². The highest BCUT2D eigenvalue weighted by Gasteiger charge is 2.08. The Hall–Kier alpha value is -1.13. The van der Waals surface area contributed by atoms with Crippen LogP contribution in [0.2, 0.25) is 5.02 Å². The summed E-state index contributed by atoms with van der Waals surface area (Å²) in [5, 5.41) is 4.06. The van der Waals surface area contributed by atoms with E-state index in [-0.39, 0.29) is 0 Å². The molecule has 14 heavy (non-hydrogen) atoms. The van der Waals surface area contributed by atoms with Crippen molar-refractivity contribution in [3.63, 3.8) is 0 Å². The number of carbonyl (C=O) groups is 1. The molecule has 0 aliphatic carbocycles. The normalized spacial score (nSPS) is 10.4. The number of benzene rings is 1. The van der Waals surface area contributed by atoms with Crippen molar-refractivity contribution in [3.05, 3.63) is 22.2 Å². The van der Waals surface area contributed by atoms with E-state index >= 15 is 0 Å². The molecule has 3 nitrogen and oxygen atoms in total. The fourth-order valence-electron chi connectivity index (χ4n) is 1.25. The van der Waals surface area contributed by atoms with Gasteiger partial charge in [-0.25, -0.2) is 4.98 Å². The molecule has 1 N–H and O–H groups in total. The number of rotatable bonds is 2. The Morgan fingerprint density at radius 3 is 3.07 bits per heavy atom. The van der Waals surface area contributed by atoms with Crippen LogP contribution >= 0.6 is 22.9 Å². The zero-order valence-electron chi connectivity index (χ0n) is 7.37. The number of nitrogens with one attached hydrogen (secondary N) is 1. The maximum atomic E-state index is 10.3. The summed E-state index contributed by atoms with van der Waals surface area (Å²) in [5.74, 6) is 0. The largest absolute Gasteiger partial charge is 0.327 e. The molecule has 2 rings (SSSR count). The first kappa shape index (κ1) is 9.43. The van der Waals surface area contributed by atoms with Crippen LogP contribution in [0.1, 0.15) is 5.01 Å². The molecule has 0 saturated carbocycles. The monoisotopic (exact) mass is 226 g/mol. The third kappa shape index (κ3) is 1.47. The van der Waals surface area contributed by atoms with E-state index in [4.69, 9.17) is 11.6 Å². The molecular weight excluding hydrogens is 220 g/mol. The van der Waals surface area contributed by atoms with Gasteiger partial charge in [0, 0.05) is 0 Å². The lowest BCUT2D eigenvalue weighted by molar-refractivity contribution is -0.105. The number of hydrogen-bond donors (Lipinski definition) is 1. The lowest BCUT2D eigenvalue weighted by atomic mass is 10.3. The van der Waals surface area contributed by atoms with Crippen LogP contribution in [0.3, 0.4) is 0 Å². The van der Waals surface area contributed by atoms with Gasteiger partial charge in [0.15, 0.2) is 0 Å². The molecule has 1 aromatic heterocycles. The van der Waals surface area contributed by atoms with Crippen LogP contribution < -0.4 is 5.32 Å². The van der Waals surface area contributed by atoms with Crippen molar-refractivity contribution in [1.82, 2.24) is 4.98 Å². The molecule has 0 spiro atoms. The Kier molecular flexibility index (Phi) is 2.39. The number of amides is 1. The Bertz CT molecular complexity index is 495. The van der Waals surface area contributed by atoms with Gasteiger partial charge >= 0.3 is 0 Å². The summed E-state index contributed by atoms with van der Waals surface area (Å²) in [6.45, 7) is 1.92. The summed E-state index contributed by atoms with van der Waals surface area (Å²) < 4.78 is 0.913. The number of thiazole rings is 1. The minimum absolute atomic E-state index is 0.556. The molecule has 0 bridgehead atoms. The number of aromatic nitrogens is 1. The van der Waals surface area contributed by atoms with E-state index in [1.165, 1.54) is 11.3 Å². The molecule has 1 amide bonds. The second kappa shape index (κ2) is 3.55. The maximum absolute atomic E-state index is 10.3. The first-order valence-corrected chi connectivity index (χ1v) is 5.17. The van der Waals surface area contributed by atoms with Gasteiger partial charge in [-0.3, -0.25) is 4.79 Å². The van der Waals surface area contributed by atoms with Crippen LogP contribution in [-0.4, -0.2) is 11.4 Å². The standard InChI is InChI=1S/C9H7ClN2OS/c1-5-12-7-3-2-6(11-4-13)8(10)9(7)14-5/h2-4H,1H3,(H,11,13). The predicted octanol–water partition coefficient (Wildman–Crippen LogP) is 2.83. The summed E-state index contributed by atoms with van der Waals surface area (Å²) in [7, 11) is 0. The van der Waals surface area contributed by atoms with Gasteiger partial charge in [0.25, 0.3) is 0 Å². The summed E-state index contributed by atoms with van der Waals surface area (Å²) in [5.41, 5.74) is 1.49. The zero-order valence-corrected chi connectivity index (χ0v) is 8.95. The number of nitrogens with zero attached hydrogens (tertiary/aromatic N) is 1. The Balaban J connectivity index is 2.67. The molecule has 2 aromatic rings. The molecule has 72 valence electrons. The highest BCUT2D eigenvalue weighted by atomic mass is 35.5. The molecular formula is C9H7ClN2OS. The summed E-state index contributed by atoms with van der Waals surface area (Å²) in [4.78, 5) is 14.6. The van der Waals surface area contributed by atoms with Crippen molar-refractivity contribution in [3.8, 4) is 0 Å². The molecule has 0 unspecified atom stereocenters. The predicted molar refractivity (Wildman–Crippen MR) is 59.1 cm³/mol.